The Bertz CT molecular complexity index is 513. The summed E-state index contributed by atoms with van der Waals surface area (Å²) in [7, 11) is 1.12. The van der Waals surface area contributed by atoms with Gasteiger partial charge >= 0.3 is 11.9 Å². The van der Waals surface area contributed by atoms with E-state index < -0.39 is 20.6 Å². The fourth-order valence-corrected chi connectivity index (χ4v) is 1.90. The zero-order valence-electron chi connectivity index (χ0n) is 9.49. The van der Waals surface area contributed by atoms with Gasteiger partial charge in [-0.2, -0.15) is 0 Å². The lowest BCUT2D eigenvalue weighted by Crippen LogP contribution is -2.27. The number of carboxylic acid groups (broad SMARTS) is 1. The van der Waals surface area contributed by atoms with Crippen molar-refractivity contribution in [2.24, 2.45) is 0 Å². The van der Waals surface area contributed by atoms with Crippen LogP contribution in [0.1, 0.15) is 11.1 Å². The van der Waals surface area contributed by atoms with Gasteiger partial charge in [-0.1, -0.05) is 64.6 Å². The van der Waals surface area contributed by atoms with Gasteiger partial charge in [0.1, 0.15) is 0 Å². The summed E-state index contributed by atoms with van der Waals surface area (Å²) >= 11 is 23.1. The molecule has 1 rings (SSSR count). The number of carbonyl (C=O) groups excluding carboxylic acids is 1. The van der Waals surface area contributed by atoms with Gasteiger partial charge in [-0.25, -0.2) is 9.59 Å². The summed E-state index contributed by atoms with van der Waals surface area (Å²) in [5, 5.41) is 8.92. The van der Waals surface area contributed by atoms with Crippen molar-refractivity contribution in [3.05, 3.63) is 35.4 Å². The maximum atomic E-state index is 11.5. The number of carboxylic acids is 1. The number of hydrogen-bond acceptors (Lipinski definition) is 3. The summed E-state index contributed by atoms with van der Waals surface area (Å²) in [5.41, 5.74) is 0.127. The molecule has 0 bridgehead atoms. The molecule has 1 aromatic rings. The van der Waals surface area contributed by atoms with Gasteiger partial charge < -0.3 is 9.84 Å². The van der Waals surface area contributed by atoms with Crippen molar-refractivity contribution in [2.45, 2.75) is 8.67 Å². The van der Waals surface area contributed by atoms with Crippen molar-refractivity contribution in [1.82, 2.24) is 0 Å². The summed E-state index contributed by atoms with van der Waals surface area (Å²) in [4.78, 5) is 22.4. The molecule has 0 radical (unpaired) electrons. The molecule has 4 nitrogen and oxygen atoms in total. The third kappa shape index (κ3) is 3.26. The Morgan fingerprint density at radius 3 is 2.00 bits per heavy atom. The highest BCUT2D eigenvalue weighted by atomic mass is 35.5. The van der Waals surface area contributed by atoms with Crippen molar-refractivity contribution in [3.8, 4) is 0 Å². The van der Waals surface area contributed by atoms with E-state index in [4.69, 9.17) is 51.5 Å². The minimum absolute atomic E-state index is 0.0235. The van der Waals surface area contributed by atoms with E-state index in [0.29, 0.717) is 0 Å². The van der Waals surface area contributed by atoms with Crippen molar-refractivity contribution >= 4 is 58.3 Å². The molecule has 0 aliphatic heterocycles. The number of aliphatic carboxylic acids is 1. The number of carbonyl (C=O) groups is 2. The van der Waals surface area contributed by atoms with Crippen LogP contribution in [0.25, 0.3) is 0 Å². The molecule has 0 aliphatic carbocycles. The first-order valence-electron chi connectivity index (χ1n) is 4.82. The molecule has 19 heavy (non-hydrogen) atoms. The Morgan fingerprint density at radius 2 is 1.58 bits per heavy atom. The largest absolute Gasteiger partial charge is 0.479 e. The quantitative estimate of drug-likeness (QED) is 0.672. The predicted octanol–water partition coefficient (Wildman–Crippen LogP) is 3.21. The van der Waals surface area contributed by atoms with Gasteiger partial charge in [0.2, 0.25) is 8.67 Å². The number of hydrogen-bond donors (Lipinski definition) is 1. The Labute approximate surface area is 129 Å². The molecule has 0 aromatic heterocycles. The average Bonchev–Trinajstić information content (AvgIpc) is 2.37. The molecule has 0 amide bonds. The van der Waals surface area contributed by atoms with Gasteiger partial charge in [0.05, 0.1) is 7.11 Å². The molecule has 0 heterocycles. The van der Waals surface area contributed by atoms with Crippen LogP contribution in [-0.4, -0.2) is 24.2 Å². The van der Waals surface area contributed by atoms with E-state index in [1.807, 2.05) is 0 Å². The van der Waals surface area contributed by atoms with E-state index in [-0.39, 0.29) is 11.1 Å². The highest BCUT2D eigenvalue weighted by Crippen LogP contribution is 2.39. The van der Waals surface area contributed by atoms with E-state index >= 15 is 0 Å². The van der Waals surface area contributed by atoms with Crippen LogP contribution in [0.2, 0.25) is 0 Å². The summed E-state index contributed by atoms with van der Waals surface area (Å²) in [6.07, 6.45) is 0. The lowest BCUT2D eigenvalue weighted by molar-refractivity contribution is -0.141. The molecule has 0 saturated heterocycles. The molecule has 0 unspecified atom stereocenters. The number of alkyl halides is 4. The second-order valence-electron chi connectivity index (χ2n) is 3.53. The predicted molar refractivity (Wildman–Crippen MR) is 72.9 cm³/mol. The molecule has 0 spiro atoms. The van der Waals surface area contributed by atoms with Crippen LogP contribution in [0, 0.1) is 0 Å². The SMILES string of the molecule is COC(=O)C(Cl)(Cl)c1cccc(C(Cl)(Cl)C(=O)O)c1. The standard InChI is InChI=1S/C11H8Cl4O4/c1-19-9(18)11(14,15)7-4-2-3-6(5-7)10(12,13)8(16)17/h2-5H,1H3,(H,16,17). The molecule has 0 atom stereocenters. The number of rotatable bonds is 4. The zero-order chi connectivity index (χ0) is 14.8. The maximum absolute atomic E-state index is 11.5. The van der Waals surface area contributed by atoms with Crippen molar-refractivity contribution < 1.29 is 19.4 Å². The van der Waals surface area contributed by atoms with Gasteiger partial charge in [-0.3, -0.25) is 0 Å². The Balaban J connectivity index is 3.29. The molecule has 1 N–H and O–H groups in total. The van der Waals surface area contributed by atoms with E-state index in [9.17, 15) is 9.59 Å². The topological polar surface area (TPSA) is 63.6 Å². The minimum Gasteiger partial charge on any atom is -0.479 e. The summed E-state index contributed by atoms with van der Waals surface area (Å²) in [6, 6.07) is 5.45. The van der Waals surface area contributed by atoms with Crippen LogP contribution in [0.5, 0.6) is 0 Å². The van der Waals surface area contributed by atoms with Crippen LogP contribution in [0.3, 0.4) is 0 Å². The number of methoxy groups -OCH3 is 1. The monoisotopic (exact) mass is 344 g/mol. The van der Waals surface area contributed by atoms with E-state index in [0.717, 1.165) is 7.11 Å². The molecular weight excluding hydrogens is 338 g/mol. The summed E-state index contributed by atoms with van der Waals surface area (Å²) in [5.74, 6) is -2.36. The lowest BCUT2D eigenvalue weighted by atomic mass is 10.0. The van der Waals surface area contributed by atoms with Crippen LogP contribution in [0.15, 0.2) is 24.3 Å². The first-order valence-corrected chi connectivity index (χ1v) is 6.33. The van der Waals surface area contributed by atoms with Crippen LogP contribution < -0.4 is 0 Å². The number of halogens is 4. The fraction of sp³-hybridized carbons (Fsp3) is 0.273. The fourth-order valence-electron chi connectivity index (χ4n) is 1.28. The smallest absolute Gasteiger partial charge is 0.347 e. The number of ether oxygens (including phenoxy) is 1. The molecule has 104 valence electrons. The van der Waals surface area contributed by atoms with Gasteiger partial charge in [0, 0.05) is 0 Å². The molecule has 0 aliphatic rings. The zero-order valence-corrected chi connectivity index (χ0v) is 12.5. The highest BCUT2D eigenvalue weighted by Gasteiger charge is 2.40. The average molecular weight is 346 g/mol. The normalized spacial score (nSPS) is 12.1. The molecule has 0 saturated carbocycles. The number of esters is 1. The van der Waals surface area contributed by atoms with Crippen LogP contribution in [0.4, 0.5) is 0 Å². The van der Waals surface area contributed by atoms with Crippen LogP contribution >= 0.6 is 46.4 Å². The van der Waals surface area contributed by atoms with Crippen molar-refractivity contribution in [3.63, 3.8) is 0 Å². The first-order chi connectivity index (χ1) is 8.64. The molecule has 1 aromatic carbocycles. The van der Waals surface area contributed by atoms with Gasteiger partial charge in [-0.15, -0.1) is 0 Å². The Kier molecular flexibility index (Phi) is 4.96. The Hall–Kier alpha value is -0.680. The molecule has 8 heteroatoms. The van der Waals surface area contributed by atoms with Crippen molar-refractivity contribution in [1.29, 1.82) is 0 Å². The number of benzene rings is 1. The van der Waals surface area contributed by atoms with Gasteiger partial charge in [0.15, 0.2) is 0 Å². The minimum atomic E-state index is -2.17. The molecule has 0 fully saturated rings. The lowest BCUT2D eigenvalue weighted by Gasteiger charge is -2.20. The van der Waals surface area contributed by atoms with Gasteiger partial charge in [0.25, 0.3) is 0 Å². The third-order valence-electron chi connectivity index (χ3n) is 2.30. The van der Waals surface area contributed by atoms with Crippen LogP contribution in [-0.2, 0) is 23.0 Å². The third-order valence-corrected chi connectivity index (χ3v) is 3.80. The Morgan fingerprint density at radius 1 is 1.11 bits per heavy atom. The summed E-state index contributed by atoms with van der Waals surface area (Å²) < 4.78 is 0.308. The van der Waals surface area contributed by atoms with E-state index in [2.05, 4.69) is 4.74 Å². The highest BCUT2D eigenvalue weighted by molar-refractivity contribution is 6.57. The van der Waals surface area contributed by atoms with E-state index in [1.54, 1.807) is 0 Å². The second-order valence-corrected chi connectivity index (χ2v) is 6.18. The van der Waals surface area contributed by atoms with Gasteiger partial charge in [-0.05, 0) is 17.2 Å². The summed E-state index contributed by atoms with van der Waals surface area (Å²) in [6.45, 7) is 0. The first kappa shape index (κ1) is 16.4. The van der Waals surface area contributed by atoms with Crippen molar-refractivity contribution in [2.75, 3.05) is 7.11 Å². The maximum Gasteiger partial charge on any atom is 0.347 e. The van der Waals surface area contributed by atoms with E-state index in [1.165, 1.54) is 24.3 Å². The second kappa shape index (κ2) is 5.75. The molecular formula is C11H8Cl4O4.